The van der Waals surface area contributed by atoms with Gasteiger partial charge in [-0.15, -0.1) is 0 Å². The van der Waals surface area contributed by atoms with Gasteiger partial charge in [-0.05, 0) is 61.6 Å². The van der Waals surface area contributed by atoms with E-state index < -0.39 is 39.7 Å². The zero-order valence-corrected chi connectivity index (χ0v) is 22.9. The number of pyridine rings is 1. The average Bonchev–Trinajstić information content (AvgIpc) is 3.26. The van der Waals surface area contributed by atoms with Gasteiger partial charge in [0.1, 0.15) is 17.4 Å². The van der Waals surface area contributed by atoms with Gasteiger partial charge < -0.3 is 19.8 Å². The van der Waals surface area contributed by atoms with E-state index in [2.05, 4.69) is 15.6 Å². The van der Waals surface area contributed by atoms with E-state index in [4.69, 9.17) is 9.15 Å². The number of aromatic nitrogens is 1. The van der Waals surface area contributed by atoms with Gasteiger partial charge in [-0.25, -0.2) is 13.4 Å². The summed E-state index contributed by atoms with van der Waals surface area (Å²) < 4.78 is 37.9. The van der Waals surface area contributed by atoms with Crippen LogP contribution < -0.4 is 15.4 Å². The van der Waals surface area contributed by atoms with Gasteiger partial charge >= 0.3 is 0 Å². The molecule has 12 heteroatoms. The van der Waals surface area contributed by atoms with Gasteiger partial charge in [0.05, 0.1) is 19.7 Å². The lowest BCUT2D eigenvalue weighted by atomic mass is 10.0. The SMILES string of the molecule is COc1ccc2oc(C(=O)N[C@@H](CC(C)C)C(=O)NC3CCCN(S(=O)(=O)c4ccccn4)CC3=O)cc2c1. The van der Waals surface area contributed by atoms with E-state index in [1.165, 1.54) is 12.3 Å². The molecule has 0 saturated carbocycles. The first-order valence-corrected chi connectivity index (χ1v) is 14.1. The second-order valence-corrected chi connectivity index (χ2v) is 11.7. The maximum absolute atomic E-state index is 13.3. The molecule has 0 spiro atoms. The van der Waals surface area contributed by atoms with Crippen LogP contribution in [-0.2, 0) is 19.6 Å². The third-order valence-electron chi connectivity index (χ3n) is 6.46. The Morgan fingerprint density at radius 1 is 1.21 bits per heavy atom. The lowest BCUT2D eigenvalue weighted by Gasteiger charge is -2.23. The Balaban J connectivity index is 1.44. The Morgan fingerprint density at radius 2 is 2.00 bits per heavy atom. The molecule has 0 aliphatic carbocycles. The molecule has 0 bridgehead atoms. The molecule has 11 nitrogen and oxygen atoms in total. The van der Waals surface area contributed by atoms with Gasteiger partial charge in [0.25, 0.3) is 15.9 Å². The van der Waals surface area contributed by atoms with Crippen molar-refractivity contribution in [2.45, 2.75) is 50.2 Å². The number of rotatable bonds is 9. The first-order chi connectivity index (χ1) is 18.6. The Hall–Kier alpha value is -3.77. The molecule has 3 heterocycles. The molecule has 2 N–H and O–H groups in total. The number of furan rings is 1. The Morgan fingerprint density at radius 3 is 2.69 bits per heavy atom. The molecule has 1 aliphatic heterocycles. The monoisotopic (exact) mass is 556 g/mol. The molecule has 1 aromatic carbocycles. The molecule has 1 aliphatic rings. The minimum atomic E-state index is -3.95. The lowest BCUT2D eigenvalue weighted by molar-refractivity contribution is -0.129. The molecular formula is C27H32N4O7S. The van der Waals surface area contributed by atoms with Crippen molar-refractivity contribution in [2.75, 3.05) is 20.2 Å². The molecule has 208 valence electrons. The fourth-order valence-corrected chi connectivity index (χ4v) is 5.83. The third kappa shape index (κ3) is 6.63. The van der Waals surface area contributed by atoms with Gasteiger partial charge in [-0.2, -0.15) is 4.31 Å². The maximum Gasteiger partial charge on any atom is 0.287 e. The summed E-state index contributed by atoms with van der Waals surface area (Å²) in [6.45, 7) is 3.57. The van der Waals surface area contributed by atoms with Crippen LogP contribution in [0.1, 0.15) is 43.7 Å². The molecule has 1 saturated heterocycles. The van der Waals surface area contributed by atoms with Gasteiger partial charge in [0.15, 0.2) is 16.6 Å². The summed E-state index contributed by atoms with van der Waals surface area (Å²) in [6, 6.07) is 9.46. The number of ketones is 1. The summed E-state index contributed by atoms with van der Waals surface area (Å²) in [5.74, 6) is -0.793. The number of benzene rings is 1. The predicted molar refractivity (Wildman–Crippen MR) is 143 cm³/mol. The summed E-state index contributed by atoms with van der Waals surface area (Å²) in [5, 5.41) is 6.01. The molecule has 2 atom stereocenters. The fourth-order valence-electron chi connectivity index (χ4n) is 4.45. The lowest BCUT2D eigenvalue weighted by Crippen LogP contribution is -2.52. The summed E-state index contributed by atoms with van der Waals surface area (Å²) in [4.78, 5) is 43.2. The first kappa shape index (κ1) is 28.2. The molecule has 2 aromatic heterocycles. The number of hydrogen-bond donors (Lipinski definition) is 2. The smallest absolute Gasteiger partial charge is 0.287 e. The number of carbonyl (C=O) groups is 3. The van der Waals surface area contributed by atoms with Crippen LogP contribution in [-0.4, -0.2) is 67.6 Å². The van der Waals surface area contributed by atoms with E-state index in [1.807, 2.05) is 13.8 Å². The number of ether oxygens (including phenoxy) is 1. The van der Waals surface area contributed by atoms with Crippen molar-refractivity contribution in [3.05, 3.63) is 54.4 Å². The molecule has 0 radical (unpaired) electrons. The summed E-state index contributed by atoms with van der Waals surface area (Å²) in [5.41, 5.74) is 0.500. The highest BCUT2D eigenvalue weighted by molar-refractivity contribution is 7.89. The van der Waals surface area contributed by atoms with Gasteiger partial charge in [-0.3, -0.25) is 14.4 Å². The van der Waals surface area contributed by atoms with Gasteiger partial charge in [0, 0.05) is 18.1 Å². The second-order valence-electron chi connectivity index (χ2n) is 9.85. The number of amides is 2. The Labute approximate surface area is 227 Å². The highest BCUT2D eigenvalue weighted by atomic mass is 32.2. The van der Waals surface area contributed by atoms with E-state index in [9.17, 15) is 22.8 Å². The quantitative estimate of drug-likeness (QED) is 0.409. The van der Waals surface area contributed by atoms with Crippen LogP contribution in [0.2, 0.25) is 0 Å². The van der Waals surface area contributed by atoms with Crippen LogP contribution in [0, 0.1) is 5.92 Å². The van der Waals surface area contributed by atoms with Crippen molar-refractivity contribution >= 4 is 38.6 Å². The average molecular weight is 557 g/mol. The normalized spacial score (nSPS) is 17.5. The van der Waals surface area contributed by atoms with Crippen molar-refractivity contribution in [3.8, 4) is 5.75 Å². The number of sulfonamides is 1. The molecule has 39 heavy (non-hydrogen) atoms. The van der Waals surface area contributed by atoms with E-state index in [1.54, 1.807) is 43.5 Å². The minimum Gasteiger partial charge on any atom is -0.497 e. The molecule has 1 fully saturated rings. The highest BCUT2D eigenvalue weighted by Crippen LogP contribution is 2.24. The number of hydrogen-bond acceptors (Lipinski definition) is 8. The van der Waals surface area contributed by atoms with Gasteiger partial charge in [-0.1, -0.05) is 19.9 Å². The molecule has 3 aromatic rings. The zero-order chi connectivity index (χ0) is 28.2. The Kier molecular flexibility index (Phi) is 8.66. The third-order valence-corrected chi connectivity index (χ3v) is 8.22. The van der Waals surface area contributed by atoms with Crippen LogP contribution >= 0.6 is 0 Å². The number of nitrogens with one attached hydrogen (secondary N) is 2. The van der Waals surface area contributed by atoms with Crippen molar-refractivity contribution in [3.63, 3.8) is 0 Å². The molecule has 4 rings (SSSR count). The summed E-state index contributed by atoms with van der Waals surface area (Å²) in [7, 11) is -2.41. The largest absolute Gasteiger partial charge is 0.497 e. The van der Waals surface area contributed by atoms with Crippen molar-refractivity contribution in [1.82, 2.24) is 19.9 Å². The topological polar surface area (TPSA) is 148 Å². The van der Waals surface area contributed by atoms with Crippen LogP contribution in [0.4, 0.5) is 0 Å². The molecular weight excluding hydrogens is 524 g/mol. The van der Waals surface area contributed by atoms with Crippen molar-refractivity contribution in [1.29, 1.82) is 0 Å². The number of carbonyl (C=O) groups excluding carboxylic acids is 3. The molecule has 2 amide bonds. The van der Waals surface area contributed by atoms with Crippen LogP contribution in [0.25, 0.3) is 11.0 Å². The van der Waals surface area contributed by atoms with E-state index in [-0.39, 0.29) is 36.2 Å². The minimum absolute atomic E-state index is 0.0423. The van der Waals surface area contributed by atoms with Crippen LogP contribution in [0.15, 0.2) is 58.1 Å². The van der Waals surface area contributed by atoms with E-state index in [0.717, 1.165) is 4.31 Å². The number of nitrogens with zero attached hydrogens (tertiary/aromatic N) is 2. The molecule has 1 unspecified atom stereocenters. The van der Waals surface area contributed by atoms with Crippen molar-refractivity contribution in [2.24, 2.45) is 5.92 Å². The maximum atomic E-state index is 13.3. The number of Topliss-reactive ketones (excluding diaryl/α,β-unsaturated/α-hetero) is 1. The summed E-state index contributed by atoms with van der Waals surface area (Å²) >= 11 is 0. The number of fused-ring (bicyclic) bond motifs is 1. The second kappa shape index (κ2) is 12.0. The van der Waals surface area contributed by atoms with Crippen LogP contribution in [0.3, 0.4) is 0 Å². The van der Waals surface area contributed by atoms with Gasteiger partial charge in [0.2, 0.25) is 5.91 Å². The Bertz CT molecular complexity index is 1450. The summed E-state index contributed by atoms with van der Waals surface area (Å²) in [6.07, 6.45) is 2.34. The predicted octanol–water partition coefficient (Wildman–Crippen LogP) is 2.52. The zero-order valence-electron chi connectivity index (χ0n) is 22.0. The van der Waals surface area contributed by atoms with E-state index >= 15 is 0 Å². The van der Waals surface area contributed by atoms with E-state index in [0.29, 0.717) is 29.6 Å². The standard InChI is InChI=1S/C27H32N4O7S/c1-17(2)13-21(30-27(34)24-15-18-14-19(37-3)9-10-23(18)38-24)26(33)29-20-7-6-12-31(16-22(20)32)39(35,36)25-8-4-5-11-28-25/h4-5,8-11,14-15,17,20-21H,6-7,12-13,16H2,1-3H3,(H,29,33)(H,30,34)/t20?,21-/m0/s1. The number of methoxy groups -OCH3 is 1. The fraction of sp³-hybridized carbons (Fsp3) is 0.407. The highest BCUT2D eigenvalue weighted by Gasteiger charge is 2.35. The van der Waals surface area contributed by atoms with Crippen molar-refractivity contribution < 1.29 is 32.0 Å². The first-order valence-electron chi connectivity index (χ1n) is 12.7. The van der Waals surface area contributed by atoms with Crippen LogP contribution in [0.5, 0.6) is 5.75 Å².